The molecule has 1 aliphatic heterocycles. The Labute approximate surface area is 79.3 Å². The minimum Gasteiger partial charge on any atom is -0.279 e. The van der Waals surface area contributed by atoms with E-state index in [1.165, 1.54) is 30.5 Å². The first kappa shape index (κ1) is 9.85. The fourth-order valence-corrected chi connectivity index (χ4v) is 2.30. The molecule has 1 heterocycles. The van der Waals surface area contributed by atoms with E-state index in [1.54, 1.807) is 4.91 Å². The SMILES string of the molecule is CCCCC1=C(C)C(C)=NCS1. The van der Waals surface area contributed by atoms with Crippen molar-refractivity contribution in [3.05, 3.63) is 10.5 Å². The Morgan fingerprint density at radius 2 is 2.17 bits per heavy atom. The van der Waals surface area contributed by atoms with Crippen LogP contribution in [-0.4, -0.2) is 11.6 Å². The summed E-state index contributed by atoms with van der Waals surface area (Å²) in [7, 11) is 0. The maximum atomic E-state index is 4.39. The van der Waals surface area contributed by atoms with E-state index in [9.17, 15) is 0 Å². The van der Waals surface area contributed by atoms with E-state index in [4.69, 9.17) is 0 Å². The highest BCUT2D eigenvalue weighted by atomic mass is 32.2. The lowest BCUT2D eigenvalue weighted by Crippen LogP contribution is -2.03. The van der Waals surface area contributed by atoms with Crippen LogP contribution in [0.15, 0.2) is 15.5 Å². The summed E-state index contributed by atoms with van der Waals surface area (Å²) in [5.41, 5.74) is 2.65. The maximum Gasteiger partial charge on any atom is 0.0890 e. The summed E-state index contributed by atoms with van der Waals surface area (Å²) in [6, 6.07) is 0. The lowest BCUT2D eigenvalue weighted by atomic mass is 10.1. The number of thioether (sulfide) groups is 1. The third-order valence-corrected chi connectivity index (χ3v) is 3.38. The molecule has 0 fully saturated rings. The summed E-state index contributed by atoms with van der Waals surface area (Å²) in [6.45, 7) is 6.54. The Kier molecular flexibility index (Phi) is 3.86. The quantitative estimate of drug-likeness (QED) is 0.651. The van der Waals surface area contributed by atoms with Crippen LogP contribution in [0.4, 0.5) is 0 Å². The molecule has 0 aromatic carbocycles. The summed E-state index contributed by atoms with van der Waals surface area (Å²) in [6.07, 6.45) is 3.85. The highest BCUT2D eigenvalue weighted by molar-refractivity contribution is 8.03. The molecule has 1 aliphatic rings. The predicted octanol–water partition coefficient (Wildman–Crippen LogP) is 3.62. The van der Waals surface area contributed by atoms with E-state index in [1.807, 2.05) is 11.8 Å². The van der Waals surface area contributed by atoms with Gasteiger partial charge in [0.1, 0.15) is 0 Å². The summed E-state index contributed by atoms with van der Waals surface area (Å²) in [5.74, 6) is 0.933. The van der Waals surface area contributed by atoms with Crippen LogP contribution in [0.3, 0.4) is 0 Å². The van der Waals surface area contributed by atoms with Gasteiger partial charge in [-0.25, -0.2) is 0 Å². The van der Waals surface area contributed by atoms with Crippen LogP contribution in [0.5, 0.6) is 0 Å². The molecule has 0 atom stereocenters. The van der Waals surface area contributed by atoms with Crippen LogP contribution in [0.2, 0.25) is 0 Å². The highest BCUT2D eigenvalue weighted by Crippen LogP contribution is 2.29. The number of unbranched alkanes of at least 4 members (excludes halogenated alkanes) is 1. The molecule has 0 radical (unpaired) electrons. The highest BCUT2D eigenvalue weighted by Gasteiger charge is 2.09. The standard InChI is InChI=1S/C10H17NS/c1-4-5-6-10-8(2)9(3)11-7-12-10/h4-7H2,1-3H3. The second kappa shape index (κ2) is 4.70. The second-order valence-corrected chi connectivity index (χ2v) is 4.21. The van der Waals surface area contributed by atoms with Crippen LogP contribution in [0.25, 0.3) is 0 Å². The molecule has 1 rings (SSSR count). The van der Waals surface area contributed by atoms with Gasteiger partial charge < -0.3 is 0 Å². The van der Waals surface area contributed by atoms with Gasteiger partial charge in [0, 0.05) is 5.71 Å². The molecule has 0 saturated carbocycles. The number of allylic oxidation sites excluding steroid dienone is 2. The van der Waals surface area contributed by atoms with Crippen molar-refractivity contribution in [1.82, 2.24) is 0 Å². The number of rotatable bonds is 3. The summed E-state index contributed by atoms with van der Waals surface area (Å²) in [5, 5.41) is 0. The Morgan fingerprint density at radius 3 is 2.83 bits per heavy atom. The van der Waals surface area contributed by atoms with E-state index in [-0.39, 0.29) is 0 Å². The zero-order valence-electron chi connectivity index (χ0n) is 8.18. The normalized spacial score (nSPS) is 18.1. The van der Waals surface area contributed by atoms with Gasteiger partial charge >= 0.3 is 0 Å². The molecule has 0 N–H and O–H groups in total. The average molecular weight is 183 g/mol. The summed E-state index contributed by atoms with van der Waals surface area (Å²) < 4.78 is 0. The number of hydrogen-bond donors (Lipinski definition) is 0. The molecule has 1 nitrogen and oxygen atoms in total. The molecule has 0 aliphatic carbocycles. The van der Waals surface area contributed by atoms with Crippen molar-refractivity contribution in [2.75, 3.05) is 5.88 Å². The van der Waals surface area contributed by atoms with Crippen molar-refractivity contribution in [2.24, 2.45) is 4.99 Å². The van der Waals surface area contributed by atoms with Gasteiger partial charge in [0.15, 0.2) is 0 Å². The number of aliphatic imine (C=N–C) groups is 1. The maximum absolute atomic E-state index is 4.39. The van der Waals surface area contributed by atoms with Gasteiger partial charge in [-0.3, -0.25) is 4.99 Å². The van der Waals surface area contributed by atoms with E-state index in [0.29, 0.717) is 0 Å². The fraction of sp³-hybridized carbons (Fsp3) is 0.700. The summed E-state index contributed by atoms with van der Waals surface area (Å²) in [4.78, 5) is 5.95. The Balaban J connectivity index is 2.60. The zero-order valence-corrected chi connectivity index (χ0v) is 9.00. The Morgan fingerprint density at radius 1 is 1.42 bits per heavy atom. The van der Waals surface area contributed by atoms with Gasteiger partial charge in [-0.1, -0.05) is 13.3 Å². The molecule has 68 valence electrons. The lowest BCUT2D eigenvalue weighted by Gasteiger charge is -2.15. The zero-order chi connectivity index (χ0) is 8.97. The Hall–Kier alpha value is -0.240. The first-order chi connectivity index (χ1) is 5.75. The fourth-order valence-electron chi connectivity index (χ4n) is 1.23. The number of nitrogens with zero attached hydrogens (tertiary/aromatic N) is 1. The van der Waals surface area contributed by atoms with Gasteiger partial charge in [0.2, 0.25) is 0 Å². The van der Waals surface area contributed by atoms with Crippen molar-refractivity contribution in [3.8, 4) is 0 Å². The van der Waals surface area contributed by atoms with Gasteiger partial charge in [-0.15, -0.1) is 11.8 Å². The molecule has 0 saturated heterocycles. The van der Waals surface area contributed by atoms with Crippen molar-refractivity contribution >= 4 is 17.5 Å². The third-order valence-electron chi connectivity index (χ3n) is 2.26. The molecule has 0 amide bonds. The molecular weight excluding hydrogens is 166 g/mol. The van der Waals surface area contributed by atoms with Crippen molar-refractivity contribution in [3.63, 3.8) is 0 Å². The smallest absolute Gasteiger partial charge is 0.0890 e. The van der Waals surface area contributed by atoms with Gasteiger partial charge in [-0.2, -0.15) is 0 Å². The van der Waals surface area contributed by atoms with Gasteiger partial charge in [0.05, 0.1) is 5.88 Å². The van der Waals surface area contributed by atoms with Crippen LogP contribution >= 0.6 is 11.8 Å². The third kappa shape index (κ3) is 2.37. The minimum atomic E-state index is 0.933. The van der Waals surface area contributed by atoms with Crippen molar-refractivity contribution < 1.29 is 0 Å². The van der Waals surface area contributed by atoms with Crippen LogP contribution in [0, 0.1) is 0 Å². The summed E-state index contributed by atoms with van der Waals surface area (Å²) >= 11 is 1.91. The van der Waals surface area contributed by atoms with Crippen LogP contribution in [0.1, 0.15) is 40.0 Å². The van der Waals surface area contributed by atoms with E-state index in [2.05, 4.69) is 25.8 Å². The molecule has 2 heteroatoms. The largest absolute Gasteiger partial charge is 0.279 e. The van der Waals surface area contributed by atoms with Crippen molar-refractivity contribution in [2.45, 2.75) is 40.0 Å². The predicted molar refractivity (Wildman–Crippen MR) is 57.8 cm³/mol. The van der Waals surface area contributed by atoms with E-state index < -0.39 is 0 Å². The van der Waals surface area contributed by atoms with Gasteiger partial charge in [0.25, 0.3) is 0 Å². The molecule has 0 aromatic rings. The van der Waals surface area contributed by atoms with Gasteiger partial charge in [-0.05, 0) is 37.2 Å². The van der Waals surface area contributed by atoms with E-state index in [0.717, 1.165) is 5.88 Å². The van der Waals surface area contributed by atoms with Crippen molar-refractivity contribution in [1.29, 1.82) is 0 Å². The second-order valence-electron chi connectivity index (χ2n) is 3.17. The molecule has 12 heavy (non-hydrogen) atoms. The van der Waals surface area contributed by atoms with Crippen LogP contribution < -0.4 is 0 Å². The molecule has 0 bridgehead atoms. The minimum absolute atomic E-state index is 0.933. The van der Waals surface area contributed by atoms with E-state index >= 15 is 0 Å². The first-order valence-corrected chi connectivity index (χ1v) is 5.58. The Bertz CT molecular complexity index is 216. The average Bonchev–Trinajstić information content (AvgIpc) is 2.08. The lowest BCUT2D eigenvalue weighted by molar-refractivity contribution is 0.805. The topological polar surface area (TPSA) is 12.4 Å². The molecule has 0 aromatic heterocycles. The molecule has 0 unspecified atom stereocenters. The molecule has 0 spiro atoms. The number of hydrogen-bond acceptors (Lipinski definition) is 2. The molecular formula is C10H17NS. The van der Waals surface area contributed by atoms with Crippen LogP contribution in [-0.2, 0) is 0 Å². The monoisotopic (exact) mass is 183 g/mol. The first-order valence-electron chi connectivity index (χ1n) is 4.59.